The van der Waals surface area contributed by atoms with Gasteiger partial charge in [0.2, 0.25) is 0 Å². The molecule has 0 bridgehead atoms. The van der Waals surface area contributed by atoms with Crippen LogP contribution in [0.4, 0.5) is 5.82 Å². The minimum absolute atomic E-state index is 0.437. The number of nitrogens with zero attached hydrogens (tertiary/aromatic N) is 2. The van der Waals surface area contributed by atoms with E-state index in [1.54, 1.807) is 0 Å². The molecule has 0 saturated carbocycles. The maximum Gasteiger partial charge on any atom is 0.143 e. The van der Waals surface area contributed by atoms with Crippen LogP contribution < -0.4 is 5.32 Å². The molecule has 0 aliphatic rings. The largest absolute Gasteiger partial charge is 0.369 e. The van der Waals surface area contributed by atoms with E-state index in [4.69, 9.17) is 4.98 Å². The molecule has 5 heteroatoms. The first-order valence-electron chi connectivity index (χ1n) is 6.48. The zero-order valence-electron chi connectivity index (χ0n) is 11.6. The van der Waals surface area contributed by atoms with Crippen LogP contribution >= 0.6 is 34.4 Å². The van der Waals surface area contributed by atoms with Crippen molar-refractivity contribution in [1.82, 2.24) is 9.97 Å². The fourth-order valence-electron chi connectivity index (χ4n) is 1.51. The van der Waals surface area contributed by atoms with E-state index in [2.05, 4.69) is 60.6 Å². The summed E-state index contributed by atoms with van der Waals surface area (Å²) in [4.78, 5) is 9.34. The molecule has 1 aromatic rings. The van der Waals surface area contributed by atoms with Gasteiger partial charge >= 0.3 is 0 Å². The third-order valence-corrected chi connectivity index (χ3v) is 4.38. The molecule has 0 aliphatic carbocycles. The molecule has 0 spiro atoms. The third-order valence-electron chi connectivity index (χ3n) is 2.45. The highest BCUT2D eigenvalue weighted by atomic mass is 127. The zero-order chi connectivity index (χ0) is 13.5. The normalized spacial score (nSPS) is 11.0. The second kappa shape index (κ2) is 8.19. The van der Waals surface area contributed by atoms with Crippen LogP contribution in [0.15, 0.2) is 0 Å². The molecule has 0 saturated heterocycles. The Morgan fingerprint density at radius 3 is 2.56 bits per heavy atom. The zero-order valence-corrected chi connectivity index (χ0v) is 14.6. The highest BCUT2D eigenvalue weighted by Gasteiger charge is 2.14. The van der Waals surface area contributed by atoms with E-state index in [-0.39, 0.29) is 0 Å². The van der Waals surface area contributed by atoms with Crippen molar-refractivity contribution in [1.29, 1.82) is 0 Å². The second-order valence-electron chi connectivity index (χ2n) is 4.41. The lowest BCUT2D eigenvalue weighted by molar-refractivity contribution is 0.789. The summed E-state index contributed by atoms with van der Waals surface area (Å²) in [6.07, 6.45) is 1.11. The number of anilines is 1. The molecule has 0 unspecified atom stereocenters. The summed E-state index contributed by atoms with van der Waals surface area (Å²) in [6, 6.07) is 0. The van der Waals surface area contributed by atoms with Crippen molar-refractivity contribution in [2.24, 2.45) is 0 Å². The van der Waals surface area contributed by atoms with Gasteiger partial charge in [0.05, 0.1) is 15.0 Å². The van der Waals surface area contributed by atoms with Gasteiger partial charge in [-0.2, -0.15) is 11.8 Å². The van der Waals surface area contributed by atoms with E-state index >= 15 is 0 Å². The molecule has 1 rings (SSSR count). The van der Waals surface area contributed by atoms with E-state index in [0.717, 1.165) is 41.8 Å². The highest BCUT2D eigenvalue weighted by molar-refractivity contribution is 14.1. The Morgan fingerprint density at radius 2 is 2.00 bits per heavy atom. The predicted octanol–water partition coefficient (Wildman–Crippen LogP) is 4.28. The predicted molar refractivity (Wildman–Crippen MR) is 89.5 cm³/mol. The van der Waals surface area contributed by atoms with Crippen LogP contribution in [0.3, 0.4) is 0 Å². The standard InChI is InChI=1S/C13H22IN3S/c1-5-7-15-13-11(14)12(9(3)4)16-10(17-13)8-18-6-2/h9H,5-8H2,1-4H3,(H,15,16,17). The van der Waals surface area contributed by atoms with Crippen molar-refractivity contribution in [3.63, 3.8) is 0 Å². The van der Waals surface area contributed by atoms with Crippen molar-refractivity contribution in [3.8, 4) is 0 Å². The number of thioether (sulfide) groups is 1. The Hall–Kier alpha value is -0.0400. The average molecular weight is 379 g/mol. The molecule has 0 radical (unpaired) electrons. The molecule has 1 aromatic heterocycles. The quantitative estimate of drug-likeness (QED) is 0.718. The Kier molecular flexibility index (Phi) is 7.29. The number of rotatable bonds is 7. The fourth-order valence-corrected chi connectivity index (χ4v) is 3.08. The van der Waals surface area contributed by atoms with Crippen molar-refractivity contribution in [2.45, 2.75) is 45.8 Å². The molecule has 0 fully saturated rings. The smallest absolute Gasteiger partial charge is 0.143 e. The first-order valence-corrected chi connectivity index (χ1v) is 8.71. The van der Waals surface area contributed by atoms with Crippen molar-refractivity contribution in [2.75, 3.05) is 17.6 Å². The lowest BCUT2D eigenvalue weighted by atomic mass is 10.1. The first kappa shape index (κ1) is 16.0. The SMILES string of the molecule is CCCNc1nc(CSCC)nc(C(C)C)c1I. The number of hydrogen-bond acceptors (Lipinski definition) is 4. The molecule has 0 aliphatic heterocycles. The van der Waals surface area contributed by atoms with Gasteiger partial charge in [-0.1, -0.05) is 27.7 Å². The van der Waals surface area contributed by atoms with Crippen LogP contribution in [0.2, 0.25) is 0 Å². The summed E-state index contributed by atoms with van der Waals surface area (Å²) >= 11 is 4.22. The first-order chi connectivity index (χ1) is 8.60. The number of hydrogen-bond donors (Lipinski definition) is 1. The van der Waals surface area contributed by atoms with E-state index in [1.807, 2.05) is 11.8 Å². The van der Waals surface area contributed by atoms with Gasteiger partial charge in [0.25, 0.3) is 0 Å². The number of halogens is 1. The van der Waals surface area contributed by atoms with Crippen LogP contribution in [0.5, 0.6) is 0 Å². The Balaban J connectivity index is 3.02. The van der Waals surface area contributed by atoms with Crippen LogP contribution in [-0.2, 0) is 5.75 Å². The van der Waals surface area contributed by atoms with Gasteiger partial charge in [-0.3, -0.25) is 0 Å². The lowest BCUT2D eigenvalue weighted by Crippen LogP contribution is -2.11. The van der Waals surface area contributed by atoms with Gasteiger partial charge in [-0.25, -0.2) is 9.97 Å². The minimum Gasteiger partial charge on any atom is -0.369 e. The molecule has 0 amide bonds. The molecule has 1 N–H and O–H groups in total. The summed E-state index contributed by atoms with van der Waals surface area (Å²) in [7, 11) is 0. The Bertz CT molecular complexity index is 383. The highest BCUT2D eigenvalue weighted by Crippen LogP contribution is 2.26. The maximum absolute atomic E-state index is 4.70. The van der Waals surface area contributed by atoms with E-state index in [1.165, 1.54) is 3.57 Å². The summed E-state index contributed by atoms with van der Waals surface area (Å²) in [5, 5.41) is 3.41. The van der Waals surface area contributed by atoms with Crippen molar-refractivity contribution in [3.05, 3.63) is 15.1 Å². The van der Waals surface area contributed by atoms with Gasteiger partial charge < -0.3 is 5.32 Å². The lowest BCUT2D eigenvalue weighted by Gasteiger charge is -2.14. The fraction of sp³-hybridized carbons (Fsp3) is 0.692. The van der Waals surface area contributed by atoms with Crippen molar-refractivity contribution >= 4 is 40.2 Å². The molecule has 0 aromatic carbocycles. The third kappa shape index (κ3) is 4.57. The van der Waals surface area contributed by atoms with Crippen molar-refractivity contribution < 1.29 is 0 Å². The van der Waals surface area contributed by atoms with Crippen LogP contribution in [0.1, 0.15) is 51.6 Å². The van der Waals surface area contributed by atoms with Crippen LogP contribution in [0, 0.1) is 3.57 Å². The molecular weight excluding hydrogens is 357 g/mol. The molecule has 0 atom stereocenters. The topological polar surface area (TPSA) is 37.8 Å². The van der Waals surface area contributed by atoms with Crippen LogP contribution in [-0.4, -0.2) is 22.3 Å². The summed E-state index contributed by atoms with van der Waals surface area (Å²) in [6.45, 7) is 9.66. The van der Waals surface area contributed by atoms with Gasteiger partial charge in [-0.05, 0) is 40.7 Å². The minimum atomic E-state index is 0.437. The van der Waals surface area contributed by atoms with Gasteiger partial charge in [0.15, 0.2) is 0 Å². The maximum atomic E-state index is 4.70. The average Bonchev–Trinajstić information content (AvgIpc) is 2.35. The summed E-state index contributed by atoms with van der Waals surface area (Å²) in [5.74, 6) is 4.39. The van der Waals surface area contributed by atoms with Crippen LogP contribution in [0.25, 0.3) is 0 Å². The van der Waals surface area contributed by atoms with Gasteiger partial charge in [0.1, 0.15) is 11.6 Å². The molecule has 1 heterocycles. The monoisotopic (exact) mass is 379 g/mol. The summed E-state index contributed by atoms with van der Waals surface area (Å²) in [5.41, 5.74) is 1.16. The Morgan fingerprint density at radius 1 is 1.28 bits per heavy atom. The summed E-state index contributed by atoms with van der Waals surface area (Å²) < 4.78 is 1.17. The number of aromatic nitrogens is 2. The molecule has 3 nitrogen and oxygen atoms in total. The second-order valence-corrected chi connectivity index (χ2v) is 6.76. The molecule has 18 heavy (non-hydrogen) atoms. The van der Waals surface area contributed by atoms with Gasteiger partial charge in [0, 0.05) is 6.54 Å². The Labute approximate surface area is 128 Å². The molecular formula is C13H22IN3S. The van der Waals surface area contributed by atoms with E-state index in [0.29, 0.717) is 5.92 Å². The van der Waals surface area contributed by atoms with E-state index in [9.17, 15) is 0 Å². The number of nitrogens with one attached hydrogen (secondary N) is 1. The molecule has 102 valence electrons. The van der Waals surface area contributed by atoms with E-state index < -0.39 is 0 Å². The van der Waals surface area contributed by atoms with Gasteiger partial charge in [-0.15, -0.1) is 0 Å².